The van der Waals surface area contributed by atoms with E-state index in [1.165, 1.54) is 17.7 Å². The molecule has 5 nitrogen and oxygen atoms in total. The third-order valence-corrected chi connectivity index (χ3v) is 6.29. The molecule has 0 N–H and O–H groups in total. The van der Waals surface area contributed by atoms with Gasteiger partial charge in [-0.1, -0.05) is 48.5 Å². The number of rotatable bonds is 11. The van der Waals surface area contributed by atoms with Crippen LogP contribution in [0.3, 0.4) is 0 Å². The Morgan fingerprint density at radius 2 is 1.67 bits per heavy atom. The summed E-state index contributed by atoms with van der Waals surface area (Å²) >= 11 is 0. The van der Waals surface area contributed by atoms with E-state index in [4.69, 9.17) is 9.47 Å². The maximum absolute atomic E-state index is 13.4. The molecular weight excluding hydrogens is 479 g/mol. The Morgan fingerprint density at radius 1 is 0.917 bits per heavy atom. The number of methoxy groups -OCH3 is 1. The molecule has 0 aromatic heterocycles. The third-order valence-electron chi connectivity index (χ3n) is 6.29. The maximum Gasteiger partial charge on any atom is 0.236 e. The van der Waals surface area contributed by atoms with E-state index < -0.39 is 0 Å². The molecular formula is C29H34ClFN2O3. The average molecular weight is 513 g/mol. The maximum atomic E-state index is 13.4. The third kappa shape index (κ3) is 7.97. The second-order valence-corrected chi connectivity index (χ2v) is 8.94. The van der Waals surface area contributed by atoms with Crippen LogP contribution in [0.15, 0.2) is 72.8 Å². The van der Waals surface area contributed by atoms with Crippen LogP contribution in [0.4, 0.5) is 4.39 Å². The molecule has 7 heteroatoms. The minimum absolute atomic E-state index is 0. The fraction of sp³-hybridized carbons (Fsp3) is 0.345. The lowest BCUT2D eigenvalue weighted by Gasteiger charge is -2.25. The molecule has 0 aliphatic carbocycles. The van der Waals surface area contributed by atoms with E-state index in [0.29, 0.717) is 18.0 Å². The molecule has 1 amide bonds. The Balaban J connectivity index is 0.00000361. The Hall–Kier alpha value is -3.09. The van der Waals surface area contributed by atoms with Gasteiger partial charge in [-0.25, -0.2) is 4.39 Å². The standard InChI is InChI=1S/C29H33FN2O3.ClH/c1-34-28-19-23(12-13-27(28)35-22-25-10-7-11-26(30)18-25)14-17-31(20-24-8-3-2-4-9-24)21-29(33)32-15-5-6-16-32;/h2-4,7-13,18-19H,5-6,14-17,20-22H2,1H3;1H. The van der Waals surface area contributed by atoms with Gasteiger partial charge in [0.1, 0.15) is 12.4 Å². The number of amides is 1. The van der Waals surface area contributed by atoms with Gasteiger partial charge in [-0.3, -0.25) is 9.69 Å². The summed E-state index contributed by atoms with van der Waals surface area (Å²) in [5.41, 5.74) is 3.06. The molecule has 0 saturated carbocycles. The number of likely N-dealkylation sites (tertiary alicyclic amines) is 1. The predicted molar refractivity (Wildman–Crippen MR) is 142 cm³/mol. The number of hydrogen-bond donors (Lipinski definition) is 0. The van der Waals surface area contributed by atoms with Gasteiger partial charge in [-0.05, 0) is 60.2 Å². The molecule has 1 fully saturated rings. The smallest absolute Gasteiger partial charge is 0.236 e. The Bertz CT molecular complexity index is 1110. The lowest BCUT2D eigenvalue weighted by atomic mass is 10.1. The summed E-state index contributed by atoms with van der Waals surface area (Å²) in [5, 5.41) is 0. The number of carbonyl (C=O) groups is 1. The SMILES string of the molecule is COc1cc(CCN(CC(=O)N2CCCC2)Cc2ccccc2)ccc1OCc1cccc(F)c1.Cl. The monoisotopic (exact) mass is 512 g/mol. The molecule has 0 bridgehead atoms. The van der Waals surface area contributed by atoms with Crippen LogP contribution < -0.4 is 9.47 Å². The van der Waals surface area contributed by atoms with E-state index in [2.05, 4.69) is 17.0 Å². The van der Waals surface area contributed by atoms with Crippen molar-refractivity contribution in [1.82, 2.24) is 9.80 Å². The molecule has 3 aromatic carbocycles. The number of nitrogens with zero attached hydrogens (tertiary/aromatic N) is 2. The fourth-order valence-electron chi connectivity index (χ4n) is 4.38. The second-order valence-electron chi connectivity index (χ2n) is 8.94. The van der Waals surface area contributed by atoms with Crippen LogP contribution in [-0.2, 0) is 24.4 Å². The van der Waals surface area contributed by atoms with Crippen LogP contribution in [0.5, 0.6) is 11.5 Å². The van der Waals surface area contributed by atoms with Crippen molar-refractivity contribution in [1.29, 1.82) is 0 Å². The van der Waals surface area contributed by atoms with E-state index in [-0.39, 0.29) is 30.7 Å². The van der Waals surface area contributed by atoms with E-state index in [1.54, 1.807) is 13.2 Å². The quantitative estimate of drug-likeness (QED) is 0.340. The minimum Gasteiger partial charge on any atom is -0.493 e. The van der Waals surface area contributed by atoms with Gasteiger partial charge >= 0.3 is 0 Å². The zero-order valence-corrected chi connectivity index (χ0v) is 21.5. The molecule has 1 aliphatic heterocycles. The summed E-state index contributed by atoms with van der Waals surface area (Å²) in [6.07, 6.45) is 2.97. The van der Waals surface area contributed by atoms with Gasteiger partial charge < -0.3 is 14.4 Å². The summed E-state index contributed by atoms with van der Waals surface area (Å²) in [4.78, 5) is 17.0. The molecule has 1 heterocycles. The van der Waals surface area contributed by atoms with Crippen LogP contribution in [0.1, 0.15) is 29.5 Å². The van der Waals surface area contributed by atoms with E-state index in [0.717, 1.165) is 56.6 Å². The normalized spacial score (nSPS) is 12.9. The molecule has 192 valence electrons. The van der Waals surface area contributed by atoms with Crippen molar-refractivity contribution in [3.8, 4) is 11.5 Å². The predicted octanol–water partition coefficient (Wildman–Crippen LogP) is 5.50. The van der Waals surface area contributed by atoms with Crippen LogP contribution in [0, 0.1) is 5.82 Å². The lowest BCUT2D eigenvalue weighted by molar-refractivity contribution is -0.131. The largest absolute Gasteiger partial charge is 0.493 e. The number of carbonyl (C=O) groups excluding carboxylic acids is 1. The van der Waals surface area contributed by atoms with Gasteiger partial charge in [0, 0.05) is 26.2 Å². The van der Waals surface area contributed by atoms with Gasteiger partial charge in [0.05, 0.1) is 13.7 Å². The van der Waals surface area contributed by atoms with Crippen molar-refractivity contribution in [2.45, 2.75) is 32.4 Å². The highest BCUT2D eigenvalue weighted by atomic mass is 35.5. The highest BCUT2D eigenvalue weighted by Gasteiger charge is 2.20. The first-order chi connectivity index (χ1) is 17.1. The Labute approximate surface area is 219 Å². The van der Waals surface area contributed by atoms with Crippen molar-refractivity contribution < 1.29 is 18.7 Å². The summed E-state index contributed by atoms with van der Waals surface area (Å²) in [6.45, 7) is 3.89. The summed E-state index contributed by atoms with van der Waals surface area (Å²) in [6, 6.07) is 22.5. The van der Waals surface area contributed by atoms with E-state index in [1.807, 2.05) is 47.4 Å². The topological polar surface area (TPSA) is 42.0 Å². The second kappa shape index (κ2) is 13.9. The first-order valence-corrected chi connectivity index (χ1v) is 12.2. The minimum atomic E-state index is -0.281. The van der Waals surface area contributed by atoms with Crippen LogP contribution in [-0.4, -0.2) is 49.0 Å². The molecule has 0 atom stereocenters. The average Bonchev–Trinajstić information content (AvgIpc) is 3.42. The summed E-state index contributed by atoms with van der Waals surface area (Å²) < 4.78 is 24.9. The van der Waals surface area contributed by atoms with Gasteiger partial charge in [-0.15, -0.1) is 12.4 Å². The van der Waals surface area contributed by atoms with Crippen molar-refractivity contribution in [3.05, 3.63) is 95.3 Å². The van der Waals surface area contributed by atoms with Crippen molar-refractivity contribution >= 4 is 18.3 Å². The molecule has 1 saturated heterocycles. The van der Waals surface area contributed by atoms with Crippen molar-refractivity contribution in [3.63, 3.8) is 0 Å². The van der Waals surface area contributed by atoms with Crippen molar-refractivity contribution in [2.24, 2.45) is 0 Å². The molecule has 4 rings (SSSR count). The Kier molecular flexibility index (Phi) is 10.6. The molecule has 0 unspecified atom stereocenters. The fourth-order valence-corrected chi connectivity index (χ4v) is 4.38. The van der Waals surface area contributed by atoms with Crippen LogP contribution in [0.2, 0.25) is 0 Å². The Morgan fingerprint density at radius 3 is 2.39 bits per heavy atom. The highest BCUT2D eigenvalue weighted by molar-refractivity contribution is 5.85. The van der Waals surface area contributed by atoms with Crippen LogP contribution in [0.25, 0.3) is 0 Å². The van der Waals surface area contributed by atoms with Gasteiger partial charge in [0.15, 0.2) is 11.5 Å². The van der Waals surface area contributed by atoms with Gasteiger partial charge in [0.25, 0.3) is 0 Å². The van der Waals surface area contributed by atoms with Crippen molar-refractivity contribution in [2.75, 3.05) is 33.3 Å². The molecule has 0 radical (unpaired) electrons. The first-order valence-electron chi connectivity index (χ1n) is 12.2. The first kappa shape index (κ1) is 27.5. The number of ether oxygens (including phenoxy) is 2. The summed E-state index contributed by atoms with van der Waals surface area (Å²) in [5.74, 6) is 1.18. The van der Waals surface area contributed by atoms with E-state index in [9.17, 15) is 9.18 Å². The number of halogens is 2. The van der Waals surface area contributed by atoms with Gasteiger partial charge in [-0.2, -0.15) is 0 Å². The van der Waals surface area contributed by atoms with Gasteiger partial charge in [0.2, 0.25) is 5.91 Å². The lowest BCUT2D eigenvalue weighted by Crippen LogP contribution is -2.39. The molecule has 0 spiro atoms. The highest BCUT2D eigenvalue weighted by Crippen LogP contribution is 2.29. The molecule has 1 aliphatic rings. The molecule has 3 aromatic rings. The van der Waals surface area contributed by atoms with E-state index >= 15 is 0 Å². The number of hydrogen-bond acceptors (Lipinski definition) is 4. The molecule has 36 heavy (non-hydrogen) atoms. The number of benzene rings is 3. The van der Waals surface area contributed by atoms with Crippen LogP contribution >= 0.6 is 12.4 Å². The zero-order chi connectivity index (χ0) is 24.5. The summed E-state index contributed by atoms with van der Waals surface area (Å²) in [7, 11) is 1.62. The zero-order valence-electron chi connectivity index (χ0n) is 20.7.